The normalized spacial score (nSPS) is 12.1. The van der Waals surface area contributed by atoms with Crippen molar-refractivity contribution in [1.82, 2.24) is 14.0 Å². The van der Waals surface area contributed by atoms with Gasteiger partial charge in [0.1, 0.15) is 0 Å². The SMILES string of the molecule is c1ccc(-n2c3ccccc3c3ccc(-c4ccc(-c5ccc(-c6ccc(-c7cc8c9ccccc9sc8c8nc9c%10cc%11ccccc%11cc%10ccc9n78)cc6)c6ccccc56)cc4)cc32)cc1. The molecule has 0 saturated heterocycles. The molecular formula is C65H39N3S. The number of rotatable bonds is 5. The van der Waals surface area contributed by atoms with Crippen molar-refractivity contribution in [3.8, 4) is 50.3 Å². The number of thiophene rings is 1. The highest BCUT2D eigenvalue weighted by Crippen LogP contribution is 2.43. The maximum absolute atomic E-state index is 5.52. The van der Waals surface area contributed by atoms with Gasteiger partial charge in [0.2, 0.25) is 0 Å². The van der Waals surface area contributed by atoms with Crippen molar-refractivity contribution in [3.63, 3.8) is 0 Å². The van der Waals surface area contributed by atoms with Crippen LogP contribution in [0.3, 0.4) is 0 Å². The van der Waals surface area contributed by atoms with Crippen molar-refractivity contribution in [2.24, 2.45) is 0 Å². The van der Waals surface area contributed by atoms with Gasteiger partial charge in [0.15, 0.2) is 5.65 Å². The van der Waals surface area contributed by atoms with E-state index in [0.29, 0.717) is 0 Å². The Morgan fingerprint density at radius 3 is 1.68 bits per heavy atom. The number of imidazole rings is 1. The average molecular weight is 894 g/mol. The van der Waals surface area contributed by atoms with Crippen molar-refractivity contribution in [2.75, 3.05) is 0 Å². The molecule has 0 amide bonds. The summed E-state index contributed by atoms with van der Waals surface area (Å²) in [7, 11) is 0. The third kappa shape index (κ3) is 5.83. The number of para-hydroxylation sites is 2. The topological polar surface area (TPSA) is 22.2 Å². The largest absolute Gasteiger partial charge is 0.309 e. The molecule has 15 aromatic rings. The van der Waals surface area contributed by atoms with Crippen LogP contribution in [0.5, 0.6) is 0 Å². The molecule has 0 unspecified atom stereocenters. The molecule has 0 radical (unpaired) electrons. The molecule has 4 heterocycles. The van der Waals surface area contributed by atoms with Crippen LogP contribution in [0.25, 0.3) is 141 Å². The molecule has 11 aromatic carbocycles. The van der Waals surface area contributed by atoms with Gasteiger partial charge in [-0.3, -0.25) is 4.40 Å². The van der Waals surface area contributed by atoms with Crippen molar-refractivity contribution in [2.45, 2.75) is 0 Å². The van der Waals surface area contributed by atoms with E-state index in [-0.39, 0.29) is 0 Å². The highest BCUT2D eigenvalue weighted by atomic mass is 32.1. The Morgan fingerprint density at radius 1 is 0.333 bits per heavy atom. The van der Waals surface area contributed by atoms with Crippen molar-refractivity contribution >= 4 is 102 Å². The van der Waals surface area contributed by atoms with E-state index in [1.807, 2.05) is 11.3 Å². The number of benzene rings is 11. The van der Waals surface area contributed by atoms with Crippen LogP contribution < -0.4 is 0 Å². The number of pyridine rings is 1. The van der Waals surface area contributed by atoms with Crippen molar-refractivity contribution in [1.29, 1.82) is 0 Å². The lowest BCUT2D eigenvalue weighted by Gasteiger charge is -2.14. The van der Waals surface area contributed by atoms with Gasteiger partial charge in [-0.05, 0) is 120 Å². The van der Waals surface area contributed by atoms with Crippen LogP contribution >= 0.6 is 11.3 Å². The van der Waals surface area contributed by atoms with Gasteiger partial charge in [-0.15, -0.1) is 11.3 Å². The Hall–Kier alpha value is -8.83. The fourth-order valence-electron chi connectivity index (χ4n) is 11.2. The van der Waals surface area contributed by atoms with Crippen molar-refractivity contribution < 1.29 is 0 Å². The monoisotopic (exact) mass is 893 g/mol. The minimum absolute atomic E-state index is 1.01. The Labute approximate surface area is 401 Å². The number of hydrogen-bond acceptors (Lipinski definition) is 2. The van der Waals surface area contributed by atoms with Gasteiger partial charge in [-0.2, -0.15) is 0 Å². The summed E-state index contributed by atoms with van der Waals surface area (Å²) in [6.07, 6.45) is 0. The lowest BCUT2D eigenvalue weighted by atomic mass is 9.91. The first-order chi connectivity index (χ1) is 34.2. The van der Waals surface area contributed by atoms with E-state index in [0.717, 1.165) is 27.9 Å². The molecule has 0 bridgehead atoms. The fourth-order valence-corrected chi connectivity index (χ4v) is 12.4. The third-order valence-electron chi connectivity index (χ3n) is 14.5. The molecule has 4 aromatic heterocycles. The molecule has 4 heteroatoms. The Bertz CT molecular complexity index is 4570. The first-order valence-electron chi connectivity index (χ1n) is 23.6. The Kier molecular flexibility index (Phi) is 8.23. The van der Waals surface area contributed by atoms with Gasteiger partial charge in [0, 0.05) is 37.3 Å². The predicted octanol–water partition coefficient (Wildman–Crippen LogP) is 18.1. The number of hydrogen-bond donors (Lipinski definition) is 0. The van der Waals surface area contributed by atoms with E-state index >= 15 is 0 Å². The second-order valence-electron chi connectivity index (χ2n) is 18.3. The summed E-state index contributed by atoms with van der Waals surface area (Å²) in [5, 5.41) is 12.4. The maximum Gasteiger partial charge on any atom is 0.156 e. The zero-order chi connectivity index (χ0) is 45.2. The first kappa shape index (κ1) is 38.3. The maximum atomic E-state index is 5.52. The lowest BCUT2D eigenvalue weighted by Crippen LogP contribution is -1.93. The molecule has 69 heavy (non-hydrogen) atoms. The minimum atomic E-state index is 1.01. The predicted molar refractivity (Wildman–Crippen MR) is 294 cm³/mol. The second-order valence-corrected chi connectivity index (χ2v) is 19.3. The van der Waals surface area contributed by atoms with Gasteiger partial charge in [0.25, 0.3) is 0 Å². The van der Waals surface area contributed by atoms with Gasteiger partial charge in [-0.1, -0.05) is 182 Å². The summed E-state index contributed by atoms with van der Waals surface area (Å²) < 4.78 is 7.28. The molecule has 0 aliphatic heterocycles. The molecule has 0 N–H and O–H groups in total. The molecule has 0 fully saturated rings. The summed E-state index contributed by atoms with van der Waals surface area (Å²) in [5.41, 5.74) is 16.3. The molecule has 15 rings (SSSR count). The van der Waals surface area contributed by atoms with E-state index in [9.17, 15) is 0 Å². The van der Waals surface area contributed by atoms with Crippen LogP contribution in [-0.4, -0.2) is 14.0 Å². The summed E-state index contributed by atoms with van der Waals surface area (Å²) in [4.78, 5) is 5.52. The molecule has 320 valence electrons. The molecule has 3 nitrogen and oxygen atoms in total. The Morgan fingerprint density at radius 2 is 0.928 bits per heavy atom. The van der Waals surface area contributed by atoms with Crippen LogP contribution in [0, 0.1) is 0 Å². The molecule has 0 aliphatic carbocycles. The number of fused-ring (bicyclic) bond motifs is 14. The summed E-state index contributed by atoms with van der Waals surface area (Å²) in [6.45, 7) is 0. The summed E-state index contributed by atoms with van der Waals surface area (Å²) in [5.74, 6) is 0. The van der Waals surface area contributed by atoms with Gasteiger partial charge in [-0.25, -0.2) is 4.98 Å². The second kappa shape index (κ2) is 14.8. The Balaban J connectivity index is 0.817. The van der Waals surface area contributed by atoms with Gasteiger partial charge < -0.3 is 4.57 Å². The standard InChI is InChI=1S/C65H39N3S/c1-2-14-48(15-3-1)67-58-20-10-8-18-53(58)54-32-30-46(38-61(54)67)40-22-24-41(25-23-40)49-33-34-50(52-17-7-6-16-51(49)52)42-26-28-43(29-27-42)60-39-57-55-19-9-11-21-62(55)69-64(57)65-66-63-56-37-45-13-5-4-12-44(45)36-47(56)31-35-59(63)68(60)65/h1-39H. The number of aromatic nitrogens is 3. The minimum Gasteiger partial charge on any atom is -0.309 e. The molecular weight excluding hydrogens is 855 g/mol. The average Bonchev–Trinajstić information content (AvgIpc) is 4.10. The molecule has 0 saturated carbocycles. The van der Waals surface area contributed by atoms with E-state index < -0.39 is 0 Å². The van der Waals surface area contributed by atoms with E-state index in [2.05, 4.69) is 246 Å². The third-order valence-corrected chi connectivity index (χ3v) is 15.7. The smallest absolute Gasteiger partial charge is 0.156 e. The highest BCUT2D eigenvalue weighted by Gasteiger charge is 2.20. The zero-order valence-corrected chi connectivity index (χ0v) is 38.1. The van der Waals surface area contributed by atoms with Crippen LogP contribution in [0.4, 0.5) is 0 Å². The van der Waals surface area contributed by atoms with Crippen LogP contribution in [0.2, 0.25) is 0 Å². The van der Waals surface area contributed by atoms with Crippen molar-refractivity contribution in [3.05, 3.63) is 237 Å². The van der Waals surface area contributed by atoms with E-state index in [4.69, 9.17) is 4.98 Å². The van der Waals surface area contributed by atoms with Crippen LogP contribution in [0.15, 0.2) is 237 Å². The van der Waals surface area contributed by atoms with Gasteiger partial charge in [0.05, 0.1) is 32.5 Å². The van der Waals surface area contributed by atoms with Crippen LogP contribution in [0.1, 0.15) is 0 Å². The van der Waals surface area contributed by atoms with E-state index in [1.165, 1.54) is 113 Å². The van der Waals surface area contributed by atoms with E-state index in [1.54, 1.807) is 0 Å². The highest BCUT2D eigenvalue weighted by molar-refractivity contribution is 7.26. The quantitative estimate of drug-likeness (QED) is 0.158. The summed E-state index contributed by atoms with van der Waals surface area (Å²) in [6, 6.07) is 86.9. The summed E-state index contributed by atoms with van der Waals surface area (Å²) >= 11 is 1.83. The van der Waals surface area contributed by atoms with Crippen LogP contribution in [-0.2, 0) is 0 Å². The fraction of sp³-hybridized carbons (Fsp3) is 0. The zero-order valence-electron chi connectivity index (χ0n) is 37.3. The molecule has 0 atom stereocenters. The number of nitrogens with zero attached hydrogens (tertiary/aromatic N) is 3. The molecule has 0 spiro atoms. The molecule has 0 aliphatic rings. The lowest BCUT2D eigenvalue weighted by molar-refractivity contribution is 1.18. The van der Waals surface area contributed by atoms with Gasteiger partial charge >= 0.3 is 0 Å². The first-order valence-corrected chi connectivity index (χ1v) is 24.4.